The lowest BCUT2D eigenvalue weighted by Crippen LogP contribution is -2.16. The van der Waals surface area contributed by atoms with E-state index in [4.69, 9.17) is 5.11 Å². The summed E-state index contributed by atoms with van der Waals surface area (Å²) in [6.45, 7) is 4.00. The van der Waals surface area contributed by atoms with Crippen molar-refractivity contribution in [3.63, 3.8) is 0 Å². The summed E-state index contributed by atoms with van der Waals surface area (Å²) in [6, 6.07) is 11.4. The van der Waals surface area contributed by atoms with Crippen LogP contribution < -0.4 is 5.32 Å². The third-order valence-corrected chi connectivity index (χ3v) is 3.11. The van der Waals surface area contributed by atoms with Gasteiger partial charge >= 0.3 is 0 Å². The first-order chi connectivity index (χ1) is 9.31. The molecule has 1 aromatic heterocycles. The van der Waals surface area contributed by atoms with Gasteiger partial charge in [0.1, 0.15) is 0 Å². The summed E-state index contributed by atoms with van der Waals surface area (Å²) in [5.74, 6) is 0. The van der Waals surface area contributed by atoms with Gasteiger partial charge in [-0.25, -0.2) is 0 Å². The van der Waals surface area contributed by atoms with E-state index in [9.17, 15) is 0 Å². The van der Waals surface area contributed by atoms with Crippen LogP contribution in [0, 0.1) is 13.0 Å². The molecule has 3 nitrogen and oxygen atoms in total. The Morgan fingerprint density at radius 1 is 1.32 bits per heavy atom. The zero-order valence-corrected chi connectivity index (χ0v) is 11.2. The van der Waals surface area contributed by atoms with Crippen LogP contribution in [0.2, 0.25) is 0 Å². The number of nitrogens with zero attached hydrogens (tertiary/aromatic N) is 1. The maximum Gasteiger partial charge on any atom is 0.0443 e. The first kappa shape index (κ1) is 13.7. The second-order valence-electron chi connectivity index (χ2n) is 4.57. The van der Waals surface area contributed by atoms with Crippen molar-refractivity contribution >= 4 is 0 Å². The van der Waals surface area contributed by atoms with Crippen LogP contribution in [0.15, 0.2) is 36.7 Å². The van der Waals surface area contributed by atoms with Crippen molar-refractivity contribution in [1.29, 1.82) is 0 Å². The Bertz CT molecular complexity index is 511. The summed E-state index contributed by atoms with van der Waals surface area (Å²) in [5.41, 5.74) is 4.79. The van der Waals surface area contributed by atoms with E-state index in [0.29, 0.717) is 0 Å². The molecule has 0 atom stereocenters. The van der Waals surface area contributed by atoms with Crippen molar-refractivity contribution in [3.8, 4) is 11.1 Å². The van der Waals surface area contributed by atoms with Crippen LogP contribution in [0.3, 0.4) is 0 Å². The molecule has 0 amide bonds. The van der Waals surface area contributed by atoms with E-state index >= 15 is 0 Å². The molecule has 3 heteroatoms. The van der Waals surface area contributed by atoms with Crippen LogP contribution in [0.1, 0.15) is 17.5 Å². The number of hydrogen-bond donors (Lipinski definition) is 2. The van der Waals surface area contributed by atoms with Crippen molar-refractivity contribution in [2.75, 3.05) is 13.2 Å². The van der Waals surface area contributed by atoms with Gasteiger partial charge in [-0.3, -0.25) is 4.98 Å². The smallest absolute Gasteiger partial charge is 0.0443 e. The van der Waals surface area contributed by atoms with E-state index in [1.54, 1.807) is 6.20 Å². The fraction of sp³-hybridized carbons (Fsp3) is 0.312. The fourth-order valence-electron chi connectivity index (χ4n) is 1.95. The van der Waals surface area contributed by atoms with E-state index in [2.05, 4.69) is 41.5 Å². The zero-order chi connectivity index (χ0) is 13.5. The van der Waals surface area contributed by atoms with Crippen molar-refractivity contribution in [3.05, 3.63) is 53.9 Å². The SMILES string of the molecule is Cc1ccc(-c2c[c]cnc2)cc1CNCCCO. The van der Waals surface area contributed by atoms with Crippen molar-refractivity contribution < 1.29 is 5.11 Å². The minimum absolute atomic E-state index is 0.234. The Hall–Kier alpha value is -1.71. The number of aliphatic hydroxyl groups excluding tert-OH is 1. The van der Waals surface area contributed by atoms with Crippen LogP contribution in [-0.4, -0.2) is 23.2 Å². The van der Waals surface area contributed by atoms with E-state index in [1.807, 2.05) is 12.3 Å². The summed E-state index contributed by atoms with van der Waals surface area (Å²) in [4.78, 5) is 4.10. The number of nitrogens with one attached hydrogen (secondary N) is 1. The monoisotopic (exact) mass is 255 g/mol. The quantitative estimate of drug-likeness (QED) is 0.779. The first-order valence-corrected chi connectivity index (χ1v) is 6.54. The largest absolute Gasteiger partial charge is 0.396 e. The normalized spacial score (nSPS) is 10.6. The Balaban J connectivity index is 2.11. The Morgan fingerprint density at radius 3 is 2.95 bits per heavy atom. The lowest BCUT2D eigenvalue weighted by molar-refractivity contribution is 0.286. The van der Waals surface area contributed by atoms with Crippen molar-refractivity contribution in [2.45, 2.75) is 19.9 Å². The van der Waals surface area contributed by atoms with Gasteiger partial charge in [0.2, 0.25) is 0 Å². The number of pyridine rings is 1. The number of aliphatic hydroxyl groups is 1. The van der Waals surface area contributed by atoms with Crippen LogP contribution in [0.4, 0.5) is 0 Å². The molecule has 19 heavy (non-hydrogen) atoms. The summed E-state index contributed by atoms with van der Waals surface area (Å²) in [6.07, 6.45) is 4.30. The van der Waals surface area contributed by atoms with E-state index in [1.165, 1.54) is 11.1 Å². The van der Waals surface area contributed by atoms with Gasteiger partial charge in [-0.15, -0.1) is 0 Å². The molecule has 0 aliphatic carbocycles. The number of hydrogen-bond acceptors (Lipinski definition) is 3. The standard InChI is InChI=1S/C16H19N2O/c1-13-5-6-14(15-4-2-7-17-11-15)10-16(13)12-18-8-3-9-19/h4-7,10-11,18-19H,3,8-9,12H2,1H3. The predicted molar refractivity (Wildman–Crippen MR) is 76.7 cm³/mol. The number of benzene rings is 1. The molecule has 2 N–H and O–H groups in total. The molecule has 1 radical (unpaired) electrons. The topological polar surface area (TPSA) is 45.2 Å². The fourth-order valence-corrected chi connectivity index (χ4v) is 1.95. The lowest BCUT2D eigenvalue weighted by atomic mass is 10.0. The summed E-state index contributed by atoms with van der Waals surface area (Å²) in [5, 5.41) is 12.1. The molecule has 0 saturated carbocycles. The highest BCUT2D eigenvalue weighted by Crippen LogP contribution is 2.21. The molecule has 0 aliphatic rings. The predicted octanol–water partition coefficient (Wildman–Crippen LogP) is 2.33. The molecule has 0 spiro atoms. The molecule has 0 fully saturated rings. The third-order valence-electron chi connectivity index (χ3n) is 3.11. The maximum atomic E-state index is 8.76. The highest BCUT2D eigenvalue weighted by molar-refractivity contribution is 5.63. The highest BCUT2D eigenvalue weighted by Gasteiger charge is 2.02. The average molecular weight is 255 g/mol. The minimum Gasteiger partial charge on any atom is -0.396 e. The van der Waals surface area contributed by atoms with Gasteiger partial charge in [-0.1, -0.05) is 12.1 Å². The average Bonchev–Trinajstić information content (AvgIpc) is 2.46. The Kier molecular flexibility index (Phi) is 5.07. The molecule has 99 valence electrons. The first-order valence-electron chi connectivity index (χ1n) is 6.54. The van der Waals surface area contributed by atoms with Gasteiger partial charge in [0.05, 0.1) is 0 Å². The van der Waals surface area contributed by atoms with Gasteiger partial charge in [0.25, 0.3) is 0 Å². The van der Waals surface area contributed by atoms with Crippen LogP contribution in [0.5, 0.6) is 0 Å². The third kappa shape index (κ3) is 3.88. The van der Waals surface area contributed by atoms with Crippen molar-refractivity contribution in [1.82, 2.24) is 10.3 Å². The van der Waals surface area contributed by atoms with Crippen molar-refractivity contribution in [2.24, 2.45) is 0 Å². The molecule has 0 saturated heterocycles. The Labute approximate surface area is 114 Å². The van der Waals surface area contributed by atoms with Crippen LogP contribution >= 0.6 is 0 Å². The van der Waals surface area contributed by atoms with Gasteiger partial charge in [-0.2, -0.15) is 0 Å². The summed E-state index contributed by atoms with van der Waals surface area (Å²) in [7, 11) is 0. The molecular formula is C16H19N2O. The number of aryl methyl sites for hydroxylation is 1. The molecule has 0 aliphatic heterocycles. The molecule has 0 bridgehead atoms. The minimum atomic E-state index is 0.234. The second kappa shape index (κ2) is 7.02. The van der Waals surface area contributed by atoms with E-state index in [-0.39, 0.29) is 6.61 Å². The molecule has 0 unspecified atom stereocenters. The highest BCUT2D eigenvalue weighted by atomic mass is 16.3. The number of rotatable bonds is 6. The zero-order valence-electron chi connectivity index (χ0n) is 11.2. The summed E-state index contributed by atoms with van der Waals surface area (Å²) >= 11 is 0. The molecular weight excluding hydrogens is 236 g/mol. The molecule has 1 aromatic carbocycles. The van der Waals surface area contributed by atoms with Gasteiger partial charge < -0.3 is 10.4 Å². The molecule has 2 aromatic rings. The summed E-state index contributed by atoms with van der Waals surface area (Å²) < 4.78 is 0. The van der Waals surface area contributed by atoms with Crippen LogP contribution in [0.25, 0.3) is 11.1 Å². The number of aromatic nitrogens is 1. The molecule has 2 rings (SSSR count). The Morgan fingerprint density at radius 2 is 2.21 bits per heavy atom. The van der Waals surface area contributed by atoms with Crippen LogP contribution in [-0.2, 0) is 6.54 Å². The second-order valence-corrected chi connectivity index (χ2v) is 4.57. The molecule has 1 heterocycles. The van der Waals surface area contributed by atoms with Gasteiger partial charge in [0, 0.05) is 37.2 Å². The lowest BCUT2D eigenvalue weighted by Gasteiger charge is -2.10. The van der Waals surface area contributed by atoms with Gasteiger partial charge in [0.15, 0.2) is 0 Å². The maximum absolute atomic E-state index is 8.76. The van der Waals surface area contributed by atoms with E-state index < -0.39 is 0 Å². The van der Waals surface area contributed by atoms with E-state index in [0.717, 1.165) is 30.6 Å². The van der Waals surface area contributed by atoms with Gasteiger partial charge in [-0.05, 0) is 48.7 Å².